The number of nitrogens with one attached hydrogen (secondary N) is 1. The monoisotopic (exact) mass is 246 g/mol. The van der Waals surface area contributed by atoms with Crippen molar-refractivity contribution in [3.05, 3.63) is 42.0 Å². The van der Waals surface area contributed by atoms with Gasteiger partial charge in [0.2, 0.25) is 0 Å². The van der Waals surface area contributed by atoms with Crippen LogP contribution in [0, 0.1) is 0 Å². The van der Waals surface area contributed by atoms with Crippen molar-refractivity contribution in [3.8, 4) is 5.75 Å². The maximum absolute atomic E-state index is 5.32. The van der Waals surface area contributed by atoms with Gasteiger partial charge in [0, 0.05) is 5.56 Å². The van der Waals surface area contributed by atoms with Crippen LogP contribution in [-0.4, -0.2) is 28.4 Å². The molecule has 5 heteroatoms. The second-order valence-electron chi connectivity index (χ2n) is 3.95. The molecule has 0 spiro atoms. The van der Waals surface area contributed by atoms with Gasteiger partial charge in [-0.25, -0.2) is 9.67 Å². The second-order valence-corrected chi connectivity index (χ2v) is 3.95. The van der Waals surface area contributed by atoms with E-state index >= 15 is 0 Å². The molecule has 1 aromatic carbocycles. The summed E-state index contributed by atoms with van der Waals surface area (Å²) in [6.45, 7) is 4.35. The number of methoxy groups -OCH3 is 1. The predicted octanol–water partition coefficient (Wildman–Crippen LogP) is 1.44. The molecule has 0 amide bonds. The Morgan fingerprint density at radius 1 is 1.33 bits per heavy atom. The predicted molar refractivity (Wildman–Crippen MR) is 69.5 cm³/mol. The zero-order valence-electron chi connectivity index (χ0n) is 10.8. The minimum absolute atomic E-state index is 0.670. The molecule has 0 aliphatic rings. The van der Waals surface area contributed by atoms with Crippen LogP contribution in [0.5, 0.6) is 5.75 Å². The fraction of sp³-hybridized carbons (Fsp3) is 0.385. The van der Waals surface area contributed by atoms with E-state index in [-0.39, 0.29) is 0 Å². The zero-order valence-corrected chi connectivity index (χ0v) is 10.8. The molecule has 0 aliphatic carbocycles. The van der Waals surface area contributed by atoms with Gasteiger partial charge in [0.05, 0.1) is 20.2 Å². The van der Waals surface area contributed by atoms with E-state index in [9.17, 15) is 0 Å². The molecule has 0 fully saturated rings. The second kappa shape index (κ2) is 6.16. The maximum atomic E-state index is 5.32. The molecule has 96 valence electrons. The third kappa shape index (κ3) is 3.07. The third-order valence-corrected chi connectivity index (χ3v) is 2.64. The van der Waals surface area contributed by atoms with Gasteiger partial charge >= 0.3 is 0 Å². The van der Waals surface area contributed by atoms with Crippen LogP contribution in [0.15, 0.2) is 30.6 Å². The van der Waals surface area contributed by atoms with E-state index in [1.54, 1.807) is 13.4 Å². The van der Waals surface area contributed by atoms with E-state index in [4.69, 9.17) is 4.74 Å². The lowest BCUT2D eigenvalue weighted by Crippen LogP contribution is -2.13. The van der Waals surface area contributed by atoms with Gasteiger partial charge in [-0.3, -0.25) is 0 Å². The van der Waals surface area contributed by atoms with Crippen LogP contribution in [0.4, 0.5) is 0 Å². The fourth-order valence-electron chi connectivity index (χ4n) is 1.74. The smallest absolute Gasteiger partial charge is 0.164 e. The Balaban J connectivity index is 2.06. The molecule has 1 aromatic heterocycles. The minimum Gasteiger partial charge on any atom is -0.496 e. The molecule has 2 rings (SSSR count). The molecule has 0 saturated carbocycles. The van der Waals surface area contributed by atoms with Crippen molar-refractivity contribution in [1.29, 1.82) is 0 Å². The van der Waals surface area contributed by atoms with Gasteiger partial charge < -0.3 is 10.1 Å². The number of rotatable bonds is 6. The van der Waals surface area contributed by atoms with Crippen molar-refractivity contribution in [2.45, 2.75) is 20.0 Å². The number of nitrogens with zero attached hydrogens (tertiary/aromatic N) is 3. The van der Waals surface area contributed by atoms with E-state index in [2.05, 4.69) is 22.3 Å². The summed E-state index contributed by atoms with van der Waals surface area (Å²) in [4.78, 5) is 4.25. The molecule has 1 heterocycles. The Hall–Kier alpha value is -1.88. The van der Waals surface area contributed by atoms with E-state index in [0.717, 1.165) is 23.7 Å². The number of hydrogen-bond donors (Lipinski definition) is 1. The van der Waals surface area contributed by atoms with Gasteiger partial charge in [-0.15, -0.1) is 0 Å². The molecule has 0 saturated heterocycles. The van der Waals surface area contributed by atoms with E-state index in [1.165, 1.54) is 0 Å². The zero-order chi connectivity index (χ0) is 12.8. The summed E-state index contributed by atoms with van der Waals surface area (Å²) in [6.07, 6.45) is 1.75. The lowest BCUT2D eigenvalue weighted by molar-refractivity contribution is 0.407. The first kappa shape index (κ1) is 12.6. The number of hydrogen-bond acceptors (Lipinski definition) is 4. The number of para-hydroxylation sites is 1. The van der Waals surface area contributed by atoms with Gasteiger partial charge in [-0.05, 0) is 12.6 Å². The summed E-state index contributed by atoms with van der Waals surface area (Å²) < 4.78 is 7.14. The highest BCUT2D eigenvalue weighted by molar-refractivity contribution is 5.33. The van der Waals surface area contributed by atoms with Crippen molar-refractivity contribution in [3.63, 3.8) is 0 Å². The van der Waals surface area contributed by atoms with Crippen LogP contribution in [0.25, 0.3) is 0 Å². The van der Waals surface area contributed by atoms with Crippen LogP contribution >= 0.6 is 0 Å². The maximum Gasteiger partial charge on any atom is 0.164 e. The Labute approximate surface area is 107 Å². The van der Waals surface area contributed by atoms with Crippen molar-refractivity contribution < 1.29 is 4.74 Å². The van der Waals surface area contributed by atoms with Gasteiger partial charge in [0.25, 0.3) is 0 Å². The Kier molecular flexibility index (Phi) is 4.30. The molecule has 5 nitrogen and oxygen atoms in total. The summed E-state index contributed by atoms with van der Waals surface area (Å²) in [7, 11) is 1.68. The Bertz CT molecular complexity index is 495. The number of aromatic nitrogens is 3. The topological polar surface area (TPSA) is 52.0 Å². The normalized spacial score (nSPS) is 10.6. The Morgan fingerprint density at radius 2 is 2.17 bits per heavy atom. The quantitative estimate of drug-likeness (QED) is 0.838. The van der Waals surface area contributed by atoms with Crippen molar-refractivity contribution in [2.75, 3.05) is 13.7 Å². The molecule has 0 unspecified atom stereocenters. The van der Waals surface area contributed by atoms with Crippen molar-refractivity contribution in [2.24, 2.45) is 0 Å². The van der Waals surface area contributed by atoms with Gasteiger partial charge in [0.1, 0.15) is 12.1 Å². The van der Waals surface area contributed by atoms with Gasteiger partial charge in [0.15, 0.2) is 5.82 Å². The van der Waals surface area contributed by atoms with Crippen LogP contribution in [0.3, 0.4) is 0 Å². The van der Waals surface area contributed by atoms with E-state index in [1.807, 2.05) is 28.9 Å². The highest BCUT2D eigenvalue weighted by Crippen LogP contribution is 2.17. The molecular formula is C13H18N4O. The van der Waals surface area contributed by atoms with Crippen molar-refractivity contribution in [1.82, 2.24) is 20.1 Å². The Morgan fingerprint density at radius 3 is 2.94 bits per heavy atom. The molecule has 0 bridgehead atoms. The van der Waals surface area contributed by atoms with Crippen LogP contribution in [-0.2, 0) is 13.1 Å². The minimum atomic E-state index is 0.670. The summed E-state index contributed by atoms with van der Waals surface area (Å²) in [6, 6.07) is 7.94. The summed E-state index contributed by atoms with van der Waals surface area (Å²) in [5, 5.41) is 7.61. The number of ether oxygens (including phenoxy) is 1. The molecule has 0 radical (unpaired) electrons. The first-order valence-corrected chi connectivity index (χ1v) is 6.04. The first-order valence-electron chi connectivity index (χ1n) is 6.04. The lowest BCUT2D eigenvalue weighted by atomic mass is 10.2. The molecular weight excluding hydrogens is 228 g/mol. The molecule has 18 heavy (non-hydrogen) atoms. The van der Waals surface area contributed by atoms with E-state index in [0.29, 0.717) is 13.1 Å². The molecule has 2 aromatic rings. The summed E-state index contributed by atoms with van der Waals surface area (Å²) >= 11 is 0. The summed E-state index contributed by atoms with van der Waals surface area (Å²) in [5.41, 5.74) is 1.10. The van der Waals surface area contributed by atoms with Gasteiger partial charge in [-0.1, -0.05) is 25.1 Å². The van der Waals surface area contributed by atoms with Crippen LogP contribution in [0.2, 0.25) is 0 Å². The first-order chi connectivity index (χ1) is 8.83. The lowest BCUT2D eigenvalue weighted by Gasteiger charge is -2.07. The average Bonchev–Trinajstić information content (AvgIpc) is 2.84. The van der Waals surface area contributed by atoms with Crippen molar-refractivity contribution >= 4 is 0 Å². The number of benzene rings is 1. The largest absolute Gasteiger partial charge is 0.496 e. The highest BCUT2D eigenvalue weighted by atomic mass is 16.5. The SMILES string of the molecule is CCNCc1ncn(Cc2ccccc2OC)n1. The van der Waals surface area contributed by atoms with Crippen LogP contribution < -0.4 is 10.1 Å². The fourth-order valence-corrected chi connectivity index (χ4v) is 1.74. The standard InChI is InChI=1S/C13H18N4O/c1-3-14-8-13-15-10-17(16-13)9-11-6-4-5-7-12(11)18-2/h4-7,10,14H,3,8-9H2,1-2H3. The molecule has 1 N–H and O–H groups in total. The van der Waals surface area contributed by atoms with Gasteiger partial charge in [-0.2, -0.15) is 5.10 Å². The third-order valence-electron chi connectivity index (χ3n) is 2.64. The molecule has 0 atom stereocenters. The average molecular weight is 246 g/mol. The molecule has 0 aliphatic heterocycles. The highest BCUT2D eigenvalue weighted by Gasteiger charge is 2.05. The summed E-state index contributed by atoms with van der Waals surface area (Å²) in [5.74, 6) is 1.69. The van der Waals surface area contributed by atoms with E-state index < -0.39 is 0 Å². The van der Waals surface area contributed by atoms with Crippen LogP contribution in [0.1, 0.15) is 18.3 Å².